The van der Waals surface area contributed by atoms with E-state index in [0.717, 1.165) is 34.5 Å². The van der Waals surface area contributed by atoms with Gasteiger partial charge in [-0.25, -0.2) is 0 Å². The molecular weight excluding hydrogens is 274 g/mol. The molecule has 0 spiro atoms. The van der Waals surface area contributed by atoms with Crippen LogP contribution in [0.4, 0.5) is 0 Å². The van der Waals surface area contributed by atoms with Crippen LogP contribution in [0.25, 0.3) is 0 Å². The molecule has 2 nitrogen and oxygen atoms in total. The first kappa shape index (κ1) is 11.1. The van der Waals surface area contributed by atoms with E-state index >= 15 is 0 Å². The van der Waals surface area contributed by atoms with Gasteiger partial charge in [-0.05, 0) is 47.3 Å². The van der Waals surface area contributed by atoms with Crippen LogP contribution < -0.4 is 0 Å². The molecule has 0 aliphatic carbocycles. The zero-order chi connectivity index (χ0) is 10.8. The molecule has 1 atom stereocenters. The quantitative estimate of drug-likeness (QED) is 0.815. The van der Waals surface area contributed by atoms with Gasteiger partial charge in [-0.1, -0.05) is 6.92 Å². The highest BCUT2D eigenvalue weighted by Crippen LogP contribution is 2.27. The molecule has 82 valence electrons. The number of amides is 1. The maximum absolute atomic E-state index is 12.1. The zero-order valence-electron chi connectivity index (χ0n) is 8.70. The lowest BCUT2D eigenvalue weighted by molar-refractivity contribution is 0.0738. The average Bonchev–Trinajstić information content (AvgIpc) is 2.84. The van der Waals surface area contributed by atoms with Crippen molar-refractivity contribution in [1.82, 2.24) is 4.90 Å². The van der Waals surface area contributed by atoms with E-state index in [1.165, 1.54) is 11.3 Å². The summed E-state index contributed by atoms with van der Waals surface area (Å²) in [7, 11) is 0. The van der Waals surface area contributed by atoms with E-state index in [4.69, 9.17) is 0 Å². The maximum Gasteiger partial charge on any atom is 0.264 e. The molecule has 1 aromatic rings. The van der Waals surface area contributed by atoms with Gasteiger partial charge in [0.25, 0.3) is 5.91 Å². The van der Waals surface area contributed by atoms with E-state index in [1.807, 2.05) is 17.0 Å². The summed E-state index contributed by atoms with van der Waals surface area (Å²) in [5.74, 6) is 0.204. The van der Waals surface area contributed by atoms with Gasteiger partial charge in [0, 0.05) is 12.6 Å². The Kier molecular flexibility index (Phi) is 3.46. The summed E-state index contributed by atoms with van der Waals surface area (Å²) in [6.07, 6.45) is 3.38. The van der Waals surface area contributed by atoms with E-state index in [2.05, 4.69) is 22.9 Å². The fraction of sp³-hybridized carbons (Fsp3) is 0.545. The Morgan fingerprint density at radius 3 is 3.07 bits per heavy atom. The van der Waals surface area contributed by atoms with Crippen molar-refractivity contribution in [2.45, 2.75) is 32.2 Å². The fourth-order valence-corrected chi connectivity index (χ4v) is 3.44. The highest BCUT2D eigenvalue weighted by atomic mass is 79.9. The third-order valence-corrected chi connectivity index (χ3v) is 4.50. The van der Waals surface area contributed by atoms with Crippen LogP contribution in [0, 0.1) is 0 Å². The van der Waals surface area contributed by atoms with Crippen LogP contribution in [0.5, 0.6) is 0 Å². The summed E-state index contributed by atoms with van der Waals surface area (Å²) in [5, 5.41) is 0. The van der Waals surface area contributed by atoms with Crippen molar-refractivity contribution in [3.8, 4) is 0 Å². The van der Waals surface area contributed by atoms with Gasteiger partial charge in [0.15, 0.2) is 0 Å². The standard InChI is InChI=1S/C11H14BrNOS/c1-2-8-4-3-7-13(8)11(14)9-5-6-10(12)15-9/h5-6,8H,2-4,7H2,1H3. The van der Waals surface area contributed by atoms with Crippen LogP contribution in [-0.2, 0) is 0 Å². The topological polar surface area (TPSA) is 20.3 Å². The average molecular weight is 288 g/mol. The largest absolute Gasteiger partial charge is 0.335 e. The number of hydrogen-bond donors (Lipinski definition) is 0. The predicted octanol–water partition coefficient (Wildman–Crippen LogP) is 3.53. The van der Waals surface area contributed by atoms with Crippen LogP contribution in [0.2, 0.25) is 0 Å². The van der Waals surface area contributed by atoms with Crippen LogP contribution in [0.1, 0.15) is 35.9 Å². The van der Waals surface area contributed by atoms with Crippen molar-refractivity contribution in [3.05, 3.63) is 20.8 Å². The van der Waals surface area contributed by atoms with E-state index in [1.54, 1.807) is 0 Å². The Bertz CT molecular complexity index is 363. The minimum absolute atomic E-state index is 0.204. The van der Waals surface area contributed by atoms with Crippen molar-refractivity contribution in [2.75, 3.05) is 6.54 Å². The van der Waals surface area contributed by atoms with E-state index in [9.17, 15) is 4.79 Å². The molecule has 1 aliphatic heterocycles. The molecule has 0 saturated carbocycles. The Morgan fingerprint density at radius 2 is 2.47 bits per heavy atom. The number of carbonyl (C=O) groups excluding carboxylic acids is 1. The van der Waals surface area contributed by atoms with Crippen LogP contribution in [0.3, 0.4) is 0 Å². The first-order valence-electron chi connectivity index (χ1n) is 5.28. The van der Waals surface area contributed by atoms with Crippen LogP contribution >= 0.6 is 27.3 Å². The lowest BCUT2D eigenvalue weighted by Gasteiger charge is -2.22. The number of rotatable bonds is 2. The van der Waals surface area contributed by atoms with Crippen LogP contribution in [0.15, 0.2) is 15.9 Å². The number of nitrogens with zero attached hydrogens (tertiary/aromatic N) is 1. The SMILES string of the molecule is CCC1CCCN1C(=O)c1ccc(Br)s1. The van der Waals surface area contributed by atoms with Gasteiger partial charge in [-0.3, -0.25) is 4.79 Å². The summed E-state index contributed by atoms with van der Waals surface area (Å²) in [6.45, 7) is 3.08. The summed E-state index contributed by atoms with van der Waals surface area (Å²) in [5.41, 5.74) is 0. The number of carbonyl (C=O) groups is 1. The number of likely N-dealkylation sites (tertiary alicyclic amines) is 1. The first-order chi connectivity index (χ1) is 7.22. The predicted molar refractivity (Wildman–Crippen MR) is 66.4 cm³/mol. The summed E-state index contributed by atoms with van der Waals surface area (Å²) in [6, 6.07) is 4.30. The molecule has 1 aromatic heterocycles. The molecule has 15 heavy (non-hydrogen) atoms. The summed E-state index contributed by atoms with van der Waals surface area (Å²) in [4.78, 5) is 15.0. The number of halogens is 1. The molecule has 2 heterocycles. The van der Waals surface area contributed by atoms with Gasteiger partial charge < -0.3 is 4.90 Å². The monoisotopic (exact) mass is 287 g/mol. The van der Waals surface area contributed by atoms with E-state index in [-0.39, 0.29) is 5.91 Å². The van der Waals surface area contributed by atoms with Crippen molar-refractivity contribution in [1.29, 1.82) is 0 Å². The minimum Gasteiger partial charge on any atom is -0.335 e. The van der Waals surface area contributed by atoms with Gasteiger partial charge in [0.05, 0.1) is 8.66 Å². The van der Waals surface area contributed by atoms with Gasteiger partial charge in [-0.2, -0.15) is 0 Å². The summed E-state index contributed by atoms with van der Waals surface area (Å²) >= 11 is 4.91. The van der Waals surface area contributed by atoms with Crippen molar-refractivity contribution >= 4 is 33.2 Å². The second-order valence-electron chi connectivity index (χ2n) is 3.81. The van der Waals surface area contributed by atoms with Crippen molar-refractivity contribution < 1.29 is 4.79 Å². The second-order valence-corrected chi connectivity index (χ2v) is 6.27. The Labute approximate surface area is 102 Å². The highest BCUT2D eigenvalue weighted by Gasteiger charge is 2.28. The summed E-state index contributed by atoms with van der Waals surface area (Å²) < 4.78 is 1.03. The molecule has 0 aromatic carbocycles. The number of hydrogen-bond acceptors (Lipinski definition) is 2. The Morgan fingerprint density at radius 1 is 1.67 bits per heavy atom. The van der Waals surface area contributed by atoms with Gasteiger partial charge in [0.1, 0.15) is 0 Å². The lowest BCUT2D eigenvalue weighted by Crippen LogP contribution is -2.34. The molecule has 1 fully saturated rings. The van der Waals surface area contributed by atoms with Gasteiger partial charge in [-0.15, -0.1) is 11.3 Å². The third kappa shape index (κ3) is 2.26. The smallest absolute Gasteiger partial charge is 0.264 e. The van der Waals surface area contributed by atoms with Crippen molar-refractivity contribution in [3.63, 3.8) is 0 Å². The normalized spacial score (nSPS) is 20.9. The molecular formula is C11H14BrNOS. The van der Waals surface area contributed by atoms with Gasteiger partial charge in [0.2, 0.25) is 0 Å². The molecule has 4 heteroatoms. The molecule has 0 bridgehead atoms. The molecule has 1 aliphatic rings. The Hall–Kier alpha value is -0.350. The zero-order valence-corrected chi connectivity index (χ0v) is 11.1. The Balaban J connectivity index is 2.13. The first-order valence-corrected chi connectivity index (χ1v) is 6.89. The molecule has 2 rings (SSSR count). The highest BCUT2D eigenvalue weighted by molar-refractivity contribution is 9.11. The molecule has 0 radical (unpaired) electrons. The van der Waals surface area contributed by atoms with Gasteiger partial charge >= 0.3 is 0 Å². The molecule has 1 saturated heterocycles. The maximum atomic E-state index is 12.1. The van der Waals surface area contributed by atoms with E-state index in [0.29, 0.717) is 6.04 Å². The molecule has 0 N–H and O–H groups in total. The number of thiophene rings is 1. The van der Waals surface area contributed by atoms with Crippen molar-refractivity contribution in [2.24, 2.45) is 0 Å². The third-order valence-electron chi connectivity index (χ3n) is 2.89. The molecule has 1 unspecified atom stereocenters. The van der Waals surface area contributed by atoms with E-state index < -0.39 is 0 Å². The molecule has 1 amide bonds. The fourth-order valence-electron chi connectivity index (χ4n) is 2.10. The minimum atomic E-state index is 0.204. The van der Waals surface area contributed by atoms with Crippen LogP contribution in [-0.4, -0.2) is 23.4 Å². The lowest BCUT2D eigenvalue weighted by atomic mass is 10.2. The second kappa shape index (κ2) is 4.66.